The van der Waals surface area contributed by atoms with Crippen LogP contribution in [0.2, 0.25) is 10.0 Å². The first-order valence-corrected chi connectivity index (χ1v) is 14.0. The minimum Gasteiger partial charge on any atom is -0.464 e. The van der Waals surface area contributed by atoms with E-state index in [4.69, 9.17) is 37.4 Å². The predicted octanol–water partition coefficient (Wildman–Crippen LogP) is 4.73. The zero-order chi connectivity index (χ0) is 28.5. The highest BCUT2D eigenvalue weighted by molar-refractivity contribution is 6.35. The lowest BCUT2D eigenvalue weighted by Crippen LogP contribution is -2.48. The Labute approximate surface area is 243 Å². The van der Waals surface area contributed by atoms with Crippen LogP contribution in [-0.4, -0.2) is 73.8 Å². The molecule has 1 N–H and O–H groups in total. The smallest absolute Gasteiger partial charge is 0.338 e. The van der Waals surface area contributed by atoms with Crippen LogP contribution in [0.4, 0.5) is 4.79 Å². The number of rotatable bonds is 11. The van der Waals surface area contributed by atoms with Gasteiger partial charge >= 0.3 is 18.0 Å². The van der Waals surface area contributed by atoms with Crippen LogP contribution in [0.25, 0.3) is 0 Å². The average molecular weight is 591 g/mol. The summed E-state index contributed by atoms with van der Waals surface area (Å²) in [5.74, 6) is -0.912. The maximum absolute atomic E-state index is 13.4. The lowest BCUT2D eigenvalue weighted by atomic mass is 9.94. The molecule has 0 radical (unpaired) electrons. The van der Waals surface area contributed by atoms with Gasteiger partial charge in [-0.25, -0.2) is 9.59 Å². The zero-order valence-electron chi connectivity index (χ0n) is 22.4. The fourth-order valence-corrected chi connectivity index (χ4v) is 5.17. The Hall–Kier alpha value is -3.11. The van der Waals surface area contributed by atoms with Crippen LogP contribution in [0.5, 0.6) is 0 Å². The Balaban J connectivity index is 1.43. The molecule has 9 nitrogen and oxygen atoms in total. The van der Waals surface area contributed by atoms with Gasteiger partial charge in [0.15, 0.2) is 0 Å². The van der Waals surface area contributed by atoms with Crippen LogP contribution >= 0.6 is 23.2 Å². The maximum atomic E-state index is 13.4. The van der Waals surface area contributed by atoms with Crippen LogP contribution in [0.15, 0.2) is 59.8 Å². The van der Waals surface area contributed by atoms with Crippen molar-refractivity contribution in [2.75, 3.05) is 46.0 Å². The second-order valence-corrected chi connectivity index (χ2v) is 10.4. The molecule has 2 aromatic rings. The number of morpholine rings is 1. The van der Waals surface area contributed by atoms with Crippen LogP contribution < -0.4 is 5.32 Å². The number of amides is 2. The molecule has 40 heavy (non-hydrogen) atoms. The fraction of sp³-hybridized carbons (Fsp3) is 0.414. The number of carbonyl (C=O) groups excluding carboxylic acids is 3. The van der Waals surface area contributed by atoms with Gasteiger partial charge in [-0.15, -0.1) is 0 Å². The average Bonchev–Trinajstić information content (AvgIpc) is 2.94. The van der Waals surface area contributed by atoms with Gasteiger partial charge in [-0.05, 0) is 36.6 Å². The molecule has 2 heterocycles. The summed E-state index contributed by atoms with van der Waals surface area (Å²) in [6.07, 6.45) is 0.500. The van der Waals surface area contributed by atoms with Gasteiger partial charge in [-0.1, -0.05) is 59.6 Å². The van der Waals surface area contributed by atoms with Crippen LogP contribution in [0, 0.1) is 0 Å². The number of allylic oxidation sites excluding steroid dienone is 1. The summed E-state index contributed by atoms with van der Waals surface area (Å²) in [6, 6.07) is 13.0. The molecule has 11 heteroatoms. The van der Waals surface area contributed by atoms with Crippen LogP contribution in [0.1, 0.15) is 36.9 Å². The third-order valence-electron chi connectivity index (χ3n) is 6.84. The van der Waals surface area contributed by atoms with Crippen molar-refractivity contribution in [3.05, 3.63) is 81.0 Å². The van der Waals surface area contributed by atoms with E-state index in [1.165, 1.54) is 4.90 Å². The van der Waals surface area contributed by atoms with Gasteiger partial charge in [0.1, 0.15) is 13.2 Å². The van der Waals surface area contributed by atoms with E-state index in [-0.39, 0.29) is 31.1 Å². The summed E-state index contributed by atoms with van der Waals surface area (Å²) >= 11 is 12.5. The predicted molar refractivity (Wildman–Crippen MR) is 151 cm³/mol. The van der Waals surface area contributed by atoms with Crippen LogP contribution in [-0.2, 0) is 30.4 Å². The summed E-state index contributed by atoms with van der Waals surface area (Å²) in [5, 5.41) is 3.63. The number of nitrogens with zero attached hydrogens (tertiary/aromatic N) is 2. The largest absolute Gasteiger partial charge is 0.464 e. The van der Waals surface area contributed by atoms with Crippen molar-refractivity contribution < 1.29 is 28.6 Å². The van der Waals surface area contributed by atoms with Crippen molar-refractivity contribution >= 4 is 41.2 Å². The molecule has 0 aromatic heterocycles. The number of benzene rings is 2. The summed E-state index contributed by atoms with van der Waals surface area (Å²) < 4.78 is 16.3. The molecular formula is C29H33Cl2N3O6. The third kappa shape index (κ3) is 7.97. The molecular weight excluding hydrogens is 557 g/mol. The number of nitrogens with one attached hydrogen (secondary N) is 1. The Kier molecular flexibility index (Phi) is 10.8. The van der Waals surface area contributed by atoms with Gasteiger partial charge < -0.3 is 19.5 Å². The van der Waals surface area contributed by atoms with E-state index in [1.807, 2.05) is 30.3 Å². The number of esters is 2. The first-order valence-electron chi connectivity index (χ1n) is 13.2. The number of carbonyl (C=O) groups is 3. The minimum atomic E-state index is -0.832. The fourth-order valence-electron chi connectivity index (χ4n) is 4.65. The lowest BCUT2D eigenvalue weighted by Gasteiger charge is -2.35. The SMILES string of the molecule is CC1=C(C(=O)OCc2ccccc2)C(c2ccc(Cl)cc2Cl)NC(=O)N1CCCC(=O)OCCN1CCOCC1. The maximum Gasteiger partial charge on any atom is 0.338 e. The van der Waals surface area contributed by atoms with Crippen molar-refractivity contribution in [1.82, 2.24) is 15.1 Å². The van der Waals surface area contributed by atoms with Crippen LogP contribution in [0.3, 0.4) is 0 Å². The summed E-state index contributed by atoms with van der Waals surface area (Å²) in [5.41, 5.74) is 2.04. The molecule has 1 saturated heterocycles. The molecule has 1 fully saturated rings. The molecule has 0 spiro atoms. The summed E-state index contributed by atoms with van der Waals surface area (Å²) in [4.78, 5) is 42.5. The molecule has 2 aliphatic rings. The van der Waals surface area contributed by atoms with Gasteiger partial charge in [0.05, 0.1) is 24.8 Å². The lowest BCUT2D eigenvalue weighted by molar-refractivity contribution is -0.144. The summed E-state index contributed by atoms with van der Waals surface area (Å²) in [7, 11) is 0. The van der Waals surface area contributed by atoms with Gasteiger partial charge in [0.2, 0.25) is 0 Å². The van der Waals surface area contributed by atoms with E-state index in [0.29, 0.717) is 54.1 Å². The van der Waals surface area contributed by atoms with Gasteiger partial charge in [0, 0.05) is 48.3 Å². The van der Waals surface area contributed by atoms with Crippen molar-refractivity contribution in [3.8, 4) is 0 Å². The highest BCUT2D eigenvalue weighted by Gasteiger charge is 2.37. The quantitative estimate of drug-likeness (QED) is 0.378. The number of ether oxygens (including phenoxy) is 3. The minimum absolute atomic E-state index is 0.0712. The number of halogens is 2. The second-order valence-electron chi connectivity index (χ2n) is 9.54. The Morgan fingerprint density at radius 3 is 2.52 bits per heavy atom. The Bertz CT molecular complexity index is 1230. The molecule has 0 saturated carbocycles. The Morgan fingerprint density at radius 1 is 1.05 bits per heavy atom. The first-order chi connectivity index (χ1) is 19.3. The molecule has 1 atom stereocenters. The highest BCUT2D eigenvalue weighted by atomic mass is 35.5. The molecule has 2 amide bonds. The van der Waals surface area contributed by atoms with Crippen molar-refractivity contribution in [3.63, 3.8) is 0 Å². The molecule has 0 bridgehead atoms. The van der Waals surface area contributed by atoms with Gasteiger partial charge in [-0.2, -0.15) is 0 Å². The first kappa shape index (κ1) is 29.9. The monoisotopic (exact) mass is 589 g/mol. The second kappa shape index (κ2) is 14.5. The van der Waals surface area contributed by atoms with Crippen molar-refractivity contribution in [2.24, 2.45) is 0 Å². The van der Waals surface area contributed by atoms with E-state index in [1.54, 1.807) is 25.1 Å². The van der Waals surface area contributed by atoms with Crippen molar-refractivity contribution in [1.29, 1.82) is 0 Å². The topological polar surface area (TPSA) is 97.4 Å². The number of hydrogen-bond acceptors (Lipinski definition) is 7. The third-order valence-corrected chi connectivity index (χ3v) is 7.40. The molecule has 0 aliphatic carbocycles. The van der Waals surface area contributed by atoms with E-state index in [2.05, 4.69) is 10.2 Å². The zero-order valence-corrected chi connectivity index (χ0v) is 23.9. The standard InChI is InChI=1S/C29H33Cl2N3O6/c1-20-26(28(36)40-19-21-6-3-2-4-7-21)27(23-10-9-22(30)18-24(23)31)32-29(37)34(20)11-5-8-25(35)39-17-14-33-12-15-38-16-13-33/h2-4,6-7,9-10,18,27H,5,8,11-17,19H2,1H3,(H,32,37). The normalized spacial score (nSPS) is 17.9. The van der Waals surface area contributed by atoms with Gasteiger partial charge in [0.25, 0.3) is 0 Å². The molecule has 1 unspecified atom stereocenters. The Morgan fingerprint density at radius 2 is 1.80 bits per heavy atom. The van der Waals surface area contributed by atoms with Gasteiger partial charge in [-0.3, -0.25) is 14.6 Å². The van der Waals surface area contributed by atoms with E-state index >= 15 is 0 Å². The molecule has 214 valence electrons. The summed E-state index contributed by atoms with van der Waals surface area (Å²) in [6.45, 7) is 5.97. The van der Waals surface area contributed by atoms with E-state index < -0.39 is 18.0 Å². The molecule has 2 aromatic carbocycles. The van der Waals surface area contributed by atoms with E-state index in [0.717, 1.165) is 18.7 Å². The highest BCUT2D eigenvalue weighted by Crippen LogP contribution is 2.36. The van der Waals surface area contributed by atoms with E-state index in [9.17, 15) is 14.4 Å². The molecule has 4 rings (SSSR count). The number of urea groups is 1. The van der Waals surface area contributed by atoms with Crippen molar-refractivity contribution in [2.45, 2.75) is 32.4 Å². The number of hydrogen-bond donors (Lipinski definition) is 1. The molecule has 2 aliphatic heterocycles.